The highest BCUT2D eigenvalue weighted by Crippen LogP contribution is 2.19. The van der Waals surface area contributed by atoms with Crippen LogP contribution in [0.4, 0.5) is 5.69 Å². The van der Waals surface area contributed by atoms with Crippen molar-refractivity contribution >= 4 is 41.5 Å². The molecule has 1 aromatic carbocycles. The third-order valence-electron chi connectivity index (χ3n) is 4.29. The number of nitrogens with zero attached hydrogens (tertiary/aromatic N) is 1. The van der Waals surface area contributed by atoms with E-state index in [1.165, 1.54) is 12.5 Å². The third kappa shape index (κ3) is 10.8. The van der Waals surface area contributed by atoms with Crippen molar-refractivity contribution in [3.63, 3.8) is 0 Å². The molecular formula is C21H37IN4O2. The first-order chi connectivity index (χ1) is 12.9. The molecule has 1 amide bonds. The number of guanidine groups is 1. The standard InChI is InChI=1S/C21H36N4O2.HI/c1-5-13-21(27,14-6-2)16-24-20(22-7-3)23-15-12-18-8-10-19(11-9-18)25-17(4)26;/h8-11,27H,5-7,12-16H2,1-4H3,(H,25,26)(H2,22,23,24);1H. The van der Waals surface area contributed by atoms with E-state index in [4.69, 9.17) is 0 Å². The predicted octanol–water partition coefficient (Wildman–Crippen LogP) is 3.69. The highest BCUT2D eigenvalue weighted by molar-refractivity contribution is 14.0. The molecule has 0 atom stereocenters. The van der Waals surface area contributed by atoms with Crippen molar-refractivity contribution < 1.29 is 9.90 Å². The average Bonchev–Trinajstić information content (AvgIpc) is 2.61. The van der Waals surface area contributed by atoms with E-state index in [1.54, 1.807) is 0 Å². The molecule has 0 saturated heterocycles. The molecule has 7 heteroatoms. The lowest BCUT2D eigenvalue weighted by atomic mass is 9.93. The fourth-order valence-electron chi connectivity index (χ4n) is 3.07. The van der Waals surface area contributed by atoms with Crippen LogP contribution >= 0.6 is 24.0 Å². The van der Waals surface area contributed by atoms with Crippen molar-refractivity contribution in [3.8, 4) is 0 Å². The number of halogens is 1. The second-order valence-electron chi connectivity index (χ2n) is 6.97. The number of amides is 1. The smallest absolute Gasteiger partial charge is 0.221 e. The lowest BCUT2D eigenvalue weighted by Gasteiger charge is -2.26. The van der Waals surface area contributed by atoms with Crippen LogP contribution < -0.4 is 16.0 Å². The first kappa shape index (κ1) is 26.6. The number of hydrogen-bond acceptors (Lipinski definition) is 3. The topological polar surface area (TPSA) is 85.8 Å². The monoisotopic (exact) mass is 504 g/mol. The van der Waals surface area contributed by atoms with Crippen LogP contribution in [0.3, 0.4) is 0 Å². The Hall–Kier alpha value is -1.35. The summed E-state index contributed by atoms with van der Waals surface area (Å²) < 4.78 is 0. The molecule has 0 aromatic heterocycles. The summed E-state index contributed by atoms with van der Waals surface area (Å²) in [5, 5.41) is 20.1. The Balaban J connectivity index is 0.00000729. The van der Waals surface area contributed by atoms with E-state index >= 15 is 0 Å². The van der Waals surface area contributed by atoms with Gasteiger partial charge in [0.15, 0.2) is 5.96 Å². The summed E-state index contributed by atoms with van der Waals surface area (Å²) >= 11 is 0. The van der Waals surface area contributed by atoms with Gasteiger partial charge >= 0.3 is 0 Å². The zero-order chi connectivity index (χ0) is 20.1. The largest absolute Gasteiger partial charge is 0.388 e. The van der Waals surface area contributed by atoms with Crippen LogP contribution in [0.25, 0.3) is 0 Å². The van der Waals surface area contributed by atoms with Gasteiger partial charge in [-0.15, -0.1) is 24.0 Å². The van der Waals surface area contributed by atoms with Crippen LogP contribution in [-0.2, 0) is 11.2 Å². The molecule has 0 spiro atoms. The van der Waals surface area contributed by atoms with Gasteiger partial charge in [-0.3, -0.25) is 9.79 Å². The minimum absolute atomic E-state index is 0. The van der Waals surface area contributed by atoms with E-state index in [-0.39, 0.29) is 29.9 Å². The summed E-state index contributed by atoms with van der Waals surface area (Å²) in [6, 6.07) is 7.84. The Labute approximate surface area is 187 Å². The van der Waals surface area contributed by atoms with Crippen LogP contribution in [-0.4, -0.2) is 42.2 Å². The molecular weight excluding hydrogens is 467 g/mol. The minimum atomic E-state index is -0.717. The first-order valence-corrected chi connectivity index (χ1v) is 10.0. The molecule has 0 heterocycles. The number of aliphatic hydroxyl groups is 1. The van der Waals surface area contributed by atoms with Gasteiger partial charge < -0.3 is 21.1 Å². The molecule has 4 N–H and O–H groups in total. The quantitative estimate of drug-likeness (QED) is 0.210. The summed E-state index contributed by atoms with van der Waals surface area (Å²) in [5.41, 5.74) is 1.27. The van der Waals surface area contributed by atoms with Gasteiger partial charge in [-0.1, -0.05) is 38.8 Å². The number of carbonyl (C=O) groups is 1. The number of aliphatic imine (C=N–C) groups is 1. The number of nitrogens with one attached hydrogen (secondary N) is 3. The third-order valence-corrected chi connectivity index (χ3v) is 4.29. The molecule has 0 unspecified atom stereocenters. The average molecular weight is 504 g/mol. The normalized spacial score (nSPS) is 11.5. The summed E-state index contributed by atoms with van der Waals surface area (Å²) in [6.45, 7) is 9.64. The SMILES string of the molecule is CCCC(O)(CCC)CN=C(NCC)NCCc1ccc(NC(C)=O)cc1.I. The maximum atomic E-state index is 11.1. The fourth-order valence-corrected chi connectivity index (χ4v) is 3.07. The van der Waals surface area contributed by atoms with Crippen molar-refractivity contribution in [2.45, 2.75) is 65.4 Å². The number of carbonyl (C=O) groups excluding carboxylic acids is 1. The zero-order valence-electron chi connectivity index (χ0n) is 17.7. The predicted molar refractivity (Wildman–Crippen MR) is 129 cm³/mol. The number of rotatable bonds is 11. The molecule has 1 rings (SSSR count). The van der Waals surface area contributed by atoms with Crippen molar-refractivity contribution in [1.82, 2.24) is 10.6 Å². The molecule has 6 nitrogen and oxygen atoms in total. The molecule has 0 aliphatic heterocycles. The highest BCUT2D eigenvalue weighted by Gasteiger charge is 2.24. The maximum absolute atomic E-state index is 11.1. The summed E-state index contributed by atoms with van der Waals surface area (Å²) in [7, 11) is 0. The second kappa shape index (κ2) is 14.6. The Morgan fingerprint density at radius 3 is 2.18 bits per heavy atom. The molecule has 0 radical (unpaired) electrons. The lowest BCUT2D eigenvalue weighted by Crippen LogP contribution is -2.40. The maximum Gasteiger partial charge on any atom is 0.221 e. The van der Waals surface area contributed by atoms with Crippen molar-refractivity contribution in [2.75, 3.05) is 25.0 Å². The van der Waals surface area contributed by atoms with Gasteiger partial charge in [0, 0.05) is 25.7 Å². The zero-order valence-corrected chi connectivity index (χ0v) is 20.0. The van der Waals surface area contributed by atoms with E-state index in [9.17, 15) is 9.90 Å². The van der Waals surface area contributed by atoms with E-state index < -0.39 is 5.60 Å². The van der Waals surface area contributed by atoms with Crippen LogP contribution in [0.15, 0.2) is 29.3 Å². The van der Waals surface area contributed by atoms with E-state index in [1.807, 2.05) is 31.2 Å². The Morgan fingerprint density at radius 1 is 1.07 bits per heavy atom. The van der Waals surface area contributed by atoms with Gasteiger partial charge in [0.1, 0.15) is 0 Å². The molecule has 160 valence electrons. The molecule has 28 heavy (non-hydrogen) atoms. The van der Waals surface area contributed by atoms with Crippen LogP contribution in [0, 0.1) is 0 Å². The molecule has 0 fully saturated rings. The minimum Gasteiger partial charge on any atom is -0.388 e. The molecule has 0 aliphatic rings. The van der Waals surface area contributed by atoms with E-state index in [0.717, 1.165) is 56.8 Å². The summed E-state index contributed by atoms with van der Waals surface area (Å²) in [4.78, 5) is 15.7. The van der Waals surface area contributed by atoms with Gasteiger partial charge in [0.25, 0.3) is 0 Å². The number of anilines is 1. The van der Waals surface area contributed by atoms with Gasteiger partial charge in [0.2, 0.25) is 5.91 Å². The van der Waals surface area contributed by atoms with Gasteiger partial charge in [0.05, 0.1) is 12.1 Å². The van der Waals surface area contributed by atoms with Crippen LogP contribution in [0.1, 0.15) is 58.9 Å². The van der Waals surface area contributed by atoms with Gasteiger partial charge in [-0.2, -0.15) is 0 Å². The van der Waals surface area contributed by atoms with Crippen LogP contribution in [0.2, 0.25) is 0 Å². The Morgan fingerprint density at radius 2 is 1.68 bits per heavy atom. The van der Waals surface area contributed by atoms with Crippen molar-refractivity contribution in [2.24, 2.45) is 4.99 Å². The number of benzene rings is 1. The van der Waals surface area contributed by atoms with Gasteiger partial charge in [-0.25, -0.2) is 0 Å². The fraction of sp³-hybridized carbons (Fsp3) is 0.619. The first-order valence-electron chi connectivity index (χ1n) is 10.0. The van der Waals surface area contributed by atoms with E-state index in [2.05, 4.69) is 34.8 Å². The van der Waals surface area contributed by atoms with Crippen molar-refractivity contribution in [1.29, 1.82) is 0 Å². The summed E-state index contributed by atoms with van der Waals surface area (Å²) in [5.74, 6) is 0.667. The second-order valence-corrected chi connectivity index (χ2v) is 6.97. The molecule has 0 bridgehead atoms. The van der Waals surface area contributed by atoms with Crippen molar-refractivity contribution in [3.05, 3.63) is 29.8 Å². The lowest BCUT2D eigenvalue weighted by molar-refractivity contribution is -0.114. The van der Waals surface area contributed by atoms with E-state index in [0.29, 0.717) is 6.54 Å². The molecule has 1 aromatic rings. The van der Waals surface area contributed by atoms with Gasteiger partial charge in [-0.05, 0) is 43.9 Å². The summed E-state index contributed by atoms with van der Waals surface area (Å²) in [6.07, 6.45) is 4.28. The highest BCUT2D eigenvalue weighted by atomic mass is 127. The van der Waals surface area contributed by atoms with Crippen LogP contribution in [0.5, 0.6) is 0 Å². The Bertz CT molecular complexity index is 585. The molecule has 0 aliphatic carbocycles. The number of hydrogen-bond donors (Lipinski definition) is 4. The Kier molecular flexibility index (Phi) is 13.9. The molecule has 0 saturated carbocycles.